The van der Waals surface area contributed by atoms with Gasteiger partial charge in [-0.3, -0.25) is 0 Å². The van der Waals surface area contributed by atoms with E-state index in [1.165, 1.54) is 36.4 Å². The molecule has 1 heterocycles. The van der Waals surface area contributed by atoms with Gasteiger partial charge in [0, 0.05) is 24.2 Å². The minimum absolute atomic E-state index is 0.0500. The first-order valence-corrected chi connectivity index (χ1v) is 11.0. The predicted octanol–water partition coefficient (Wildman–Crippen LogP) is 4.15. The third kappa shape index (κ3) is 6.61. The van der Waals surface area contributed by atoms with E-state index in [2.05, 4.69) is 4.18 Å². The largest absolute Gasteiger partial charge is 0.639 e. The monoisotopic (exact) mass is 485 g/mol. The molecule has 1 fully saturated rings. The van der Waals surface area contributed by atoms with Gasteiger partial charge in [-0.2, -0.15) is 26.9 Å². The van der Waals surface area contributed by atoms with Gasteiger partial charge in [-0.05, 0) is 42.5 Å². The maximum atomic E-state index is 12.8. The second kappa shape index (κ2) is 9.60. The maximum Gasteiger partial charge on any atom is 0.639 e. The molecule has 13 heteroatoms. The van der Waals surface area contributed by atoms with E-state index in [4.69, 9.17) is 24.0 Å². The second-order valence-electron chi connectivity index (χ2n) is 7.88. The molecule has 0 aliphatic carbocycles. The molecule has 0 amide bonds. The number of hydrogen-bond acceptors (Lipinski definition) is 8. The van der Waals surface area contributed by atoms with Crippen LogP contribution in [0.3, 0.4) is 0 Å². The minimum Gasteiger partial charge on any atom is -0.457 e. The number of ether oxygens (including phenoxy) is 1. The number of hydrogen-bond donors (Lipinski definition) is 0. The van der Waals surface area contributed by atoms with Crippen molar-refractivity contribution in [2.75, 3.05) is 13.2 Å². The van der Waals surface area contributed by atoms with E-state index in [-0.39, 0.29) is 16.7 Å². The summed E-state index contributed by atoms with van der Waals surface area (Å²) in [5.74, 6) is -0.0732. The summed E-state index contributed by atoms with van der Waals surface area (Å²) in [5.41, 5.74) is -5.48. The zero-order chi connectivity index (χ0) is 24.3. The van der Waals surface area contributed by atoms with E-state index in [0.29, 0.717) is 24.5 Å². The smallest absolute Gasteiger partial charge is 0.457 e. The maximum absolute atomic E-state index is 12.8. The van der Waals surface area contributed by atoms with Crippen molar-refractivity contribution in [1.29, 1.82) is 5.26 Å². The highest BCUT2D eigenvalue weighted by Gasteiger charge is 2.49. The fourth-order valence-corrected chi connectivity index (χ4v) is 3.14. The number of nitriles is 1. The Morgan fingerprint density at radius 2 is 1.70 bits per heavy atom. The van der Waals surface area contributed by atoms with Crippen molar-refractivity contribution in [2.24, 2.45) is 5.41 Å². The topological polar surface area (TPSA) is 104 Å². The van der Waals surface area contributed by atoms with E-state index in [0.717, 1.165) is 6.07 Å². The van der Waals surface area contributed by atoms with E-state index >= 15 is 0 Å². The molecule has 176 valence electrons. The van der Waals surface area contributed by atoms with Crippen LogP contribution in [0.25, 0.3) is 0 Å². The van der Waals surface area contributed by atoms with Crippen LogP contribution in [-0.4, -0.2) is 34.5 Å². The summed E-state index contributed by atoms with van der Waals surface area (Å²) in [4.78, 5) is 0. The van der Waals surface area contributed by atoms with Crippen molar-refractivity contribution in [3.63, 3.8) is 0 Å². The molecule has 8 nitrogen and oxygen atoms in total. The first-order valence-electron chi connectivity index (χ1n) is 9.55. The normalized spacial score (nSPS) is 16.2. The SMILES string of the molecule is CC1(C)COB(OCc2cc(Oc3ccc(C#N)cc3)ccc2OS(=O)(=O)C(F)(F)F)OC1. The molecule has 1 saturated heterocycles. The predicted molar refractivity (Wildman–Crippen MR) is 110 cm³/mol. The molecule has 0 bridgehead atoms. The molecule has 0 N–H and O–H groups in total. The molecule has 3 rings (SSSR count). The summed E-state index contributed by atoms with van der Waals surface area (Å²) in [6.07, 6.45) is 0. The first-order chi connectivity index (χ1) is 15.4. The molecule has 1 aliphatic rings. The van der Waals surface area contributed by atoms with Gasteiger partial charge in [-0.15, -0.1) is 0 Å². The van der Waals surface area contributed by atoms with Crippen molar-refractivity contribution in [3.8, 4) is 23.3 Å². The fourth-order valence-electron chi connectivity index (χ4n) is 2.64. The molecule has 0 radical (unpaired) electrons. The lowest BCUT2D eigenvalue weighted by atomic mass is 9.93. The first kappa shape index (κ1) is 24.8. The molecule has 0 atom stereocenters. The van der Waals surface area contributed by atoms with Crippen LogP contribution in [0.4, 0.5) is 13.2 Å². The summed E-state index contributed by atoms with van der Waals surface area (Å²) in [6.45, 7) is 4.09. The van der Waals surface area contributed by atoms with E-state index < -0.39 is 35.3 Å². The quantitative estimate of drug-likeness (QED) is 0.327. The molecule has 0 unspecified atom stereocenters. The molecule has 0 saturated carbocycles. The Balaban J connectivity index is 1.81. The van der Waals surface area contributed by atoms with Crippen LogP contribution in [0.5, 0.6) is 17.2 Å². The highest BCUT2D eigenvalue weighted by molar-refractivity contribution is 7.88. The van der Waals surface area contributed by atoms with Crippen LogP contribution in [0.2, 0.25) is 0 Å². The number of nitrogens with zero attached hydrogens (tertiary/aromatic N) is 1. The van der Waals surface area contributed by atoms with Crippen molar-refractivity contribution in [3.05, 3.63) is 53.6 Å². The van der Waals surface area contributed by atoms with Gasteiger partial charge in [-0.1, -0.05) is 13.8 Å². The molecular weight excluding hydrogens is 466 g/mol. The van der Waals surface area contributed by atoms with Gasteiger partial charge < -0.3 is 22.9 Å². The van der Waals surface area contributed by atoms with Gasteiger partial charge in [0.1, 0.15) is 17.2 Å². The van der Waals surface area contributed by atoms with Gasteiger partial charge in [0.25, 0.3) is 0 Å². The summed E-state index contributed by atoms with van der Waals surface area (Å²) in [6, 6.07) is 11.6. The van der Waals surface area contributed by atoms with Gasteiger partial charge in [0.2, 0.25) is 0 Å². The lowest BCUT2D eigenvalue weighted by Crippen LogP contribution is -2.42. The van der Waals surface area contributed by atoms with Crippen molar-refractivity contribution in [1.82, 2.24) is 0 Å². The summed E-state index contributed by atoms with van der Waals surface area (Å²) < 4.78 is 87.6. The summed E-state index contributed by atoms with van der Waals surface area (Å²) >= 11 is 0. The Kier molecular flexibility index (Phi) is 7.23. The lowest BCUT2D eigenvalue weighted by molar-refractivity contribution is -0.0501. The van der Waals surface area contributed by atoms with Crippen molar-refractivity contribution >= 4 is 17.4 Å². The molecule has 2 aromatic carbocycles. The van der Waals surface area contributed by atoms with Crippen LogP contribution in [0.1, 0.15) is 25.0 Å². The highest BCUT2D eigenvalue weighted by atomic mass is 32.2. The molecule has 1 aliphatic heterocycles. The zero-order valence-corrected chi connectivity index (χ0v) is 18.4. The molecule has 0 aromatic heterocycles. The van der Waals surface area contributed by atoms with Gasteiger partial charge in [-0.25, -0.2) is 0 Å². The highest BCUT2D eigenvalue weighted by Crippen LogP contribution is 2.33. The number of halogens is 3. The third-order valence-electron chi connectivity index (χ3n) is 4.33. The fraction of sp³-hybridized carbons (Fsp3) is 0.350. The standard InChI is InChI=1S/C20H19BF3NO7S/c1-19(2)12-29-21(30-13-19)28-11-15-9-17(31-16-5-3-14(10-25)4-6-16)7-8-18(15)32-33(26,27)20(22,23)24/h3-9H,11-13H2,1-2H3. The van der Waals surface area contributed by atoms with Crippen LogP contribution in [0.15, 0.2) is 42.5 Å². The molecule has 2 aromatic rings. The molecule has 0 spiro atoms. The van der Waals surface area contributed by atoms with Crippen molar-refractivity contribution in [2.45, 2.75) is 26.0 Å². The van der Waals surface area contributed by atoms with Crippen molar-refractivity contribution < 1.29 is 44.5 Å². The summed E-state index contributed by atoms with van der Waals surface area (Å²) in [5, 5.41) is 8.86. The number of rotatable bonds is 7. The Hall–Kier alpha value is -2.79. The van der Waals surface area contributed by atoms with Crippen LogP contribution in [-0.2, 0) is 30.7 Å². The Morgan fingerprint density at radius 3 is 2.27 bits per heavy atom. The number of benzene rings is 2. The molecular formula is C20H19BF3NO7S. The van der Waals surface area contributed by atoms with Crippen LogP contribution < -0.4 is 8.92 Å². The van der Waals surface area contributed by atoms with E-state index in [9.17, 15) is 21.6 Å². The Bertz CT molecular complexity index is 1120. The Labute approximate surface area is 189 Å². The minimum atomic E-state index is -5.90. The van der Waals surface area contributed by atoms with E-state index in [1.807, 2.05) is 19.9 Å². The van der Waals surface area contributed by atoms with Gasteiger partial charge in [0.05, 0.1) is 18.2 Å². The van der Waals surface area contributed by atoms with E-state index in [1.54, 1.807) is 0 Å². The number of alkyl halides is 3. The average molecular weight is 485 g/mol. The summed E-state index contributed by atoms with van der Waals surface area (Å²) in [7, 11) is -6.99. The third-order valence-corrected chi connectivity index (χ3v) is 5.30. The zero-order valence-electron chi connectivity index (χ0n) is 17.6. The average Bonchev–Trinajstić information content (AvgIpc) is 2.74. The van der Waals surface area contributed by atoms with Gasteiger partial charge >= 0.3 is 22.9 Å². The van der Waals surface area contributed by atoms with Crippen LogP contribution >= 0.6 is 0 Å². The second-order valence-corrected chi connectivity index (χ2v) is 9.41. The molecule has 33 heavy (non-hydrogen) atoms. The van der Waals surface area contributed by atoms with Gasteiger partial charge in [0.15, 0.2) is 0 Å². The van der Waals surface area contributed by atoms with Crippen LogP contribution in [0, 0.1) is 16.7 Å². The lowest BCUT2D eigenvalue weighted by Gasteiger charge is -2.32. The Morgan fingerprint density at radius 1 is 1.09 bits per heavy atom.